The van der Waals surface area contributed by atoms with Crippen LogP contribution in [0.4, 0.5) is 0 Å². The topological polar surface area (TPSA) is 104 Å². The molecule has 0 spiro atoms. The molecule has 0 unspecified atom stereocenters. The quantitative estimate of drug-likeness (QED) is 0.553. The van der Waals surface area contributed by atoms with Crippen molar-refractivity contribution in [3.05, 3.63) is 18.2 Å². The number of sulfonamides is 1. The number of rotatable bonds is 8. The van der Waals surface area contributed by atoms with Crippen molar-refractivity contribution in [3.63, 3.8) is 0 Å². The number of aromatic nitrogens is 2. The highest BCUT2D eigenvalue weighted by Gasteiger charge is 2.17. The highest BCUT2D eigenvalue weighted by atomic mass is 32.2. The fourth-order valence-corrected chi connectivity index (χ4v) is 4.09. The van der Waals surface area contributed by atoms with E-state index in [-0.39, 0.29) is 16.1 Å². The molecule has 1 atom stereocenters. The molecule has 0 amide bonds. The van der Waals surface area contributed by atoms with Crippen molar-refractivity contribution in [1.82, 2.24) is 9.55 Å². The molecule has 0 fully saturated rings. The maximum Gasteiger partial charge on any atom is 0.305 e. The Hall–Kier alpha value is -1.58. The first-order valence-electron chi connectivity index (χ1n) is 8.11. The lowest BCUT2D eigenvalue weighted by Crippen LogP contribution is -2.11. The van der Waals surface area contributed by atoms with Crippen LogP contribution in [0.3, 0.4) is 0 Å². The summed E-state index contributed by atoms with van der Waals surface area (Å²) in [7, 11) is -3.76. The van der Waals surface area contributed by atoms with Crippen LogP contribution in [0.15, 0.2) is 28.3 Å². The molecule has 0 aliphatic heterocycles. The Morgan fingerprint density at radius 1 is 1.40 bits per heavy atom. The summed E-state index contributed by atoms with van der Waals surface area (Å²) in [5.41, 5.74) is 1.45. The second-order valence-electron chi connectivity index (χ2n) is 5.61. The molecule has 7 nitrogen and oxygen atoms in total. The van der Waals surface area contributed by atoms with Gasteiger partial charge in [0.25, 0.3) is 0 Å². The summed E-state index contributed by atoms with van der Waals surface area (Å²) in [6.45, 7) is 6.91. The summed E-state index contributed by atoms with van der Waals surface area (Å²) in [6, 6.07) is 4.70. The highest BCUT2D eigenvalue weighted by Crippen LogP contribution is 2.30. The SMILES string of the molecule is CCOC(=O)CC[C@H](C)Sc1nc2cc(S(N)(=O)=O)ccc2n1CC. The van der Waals surface area contributed by atoms with E-state index in [1.807, 2.05) is 18.4 Å². The van der Waals surface area contributed by atoms with Crippen LogP contribution in [-0.4, -0.2) is 35.8 Å². The Bertz CT molecular complexity index is 862. The van der Waals surface area contributed by atoms with E-state index in [1.54, 1.807) is 24.8 Å². The number of nitrogens with zero attached hydrogens (tertiary/aromatic N) is 2. The number of carbonyl (C=O) groups excluding carboxylic acids is 1. The summed E-state index contributed by atoms with van der Waals surface area (Å²) >= 11 is 1.56. The number of ether oxygens (including phenoxy) is 1. The molecule has 1 aromatic carbocycles. The van der Waals surface area contributed by atoms with Gasteiger partial charge in [-0.1, -0.05) is 18.7 Å². The molecule has 0 saturated carbocycles. The molecule has 2 N–H and O–H groups in total. The van der Waals surface area contributed by atoms with E-state index in [4.69, 9.17) is 9.88 Å². The fraction of sp³-hybridized carbons (Fsp3) is 0.500. The molecule has 2 aromatic rings. The van der Waals surface area contributed by atoms with Crippen molar-refractivity contribution >= 4 is 38.8 Å². The number of carbonyl (C=O) groups is 1. The zero-order valence-electron chi connectivity index (χ0n) is 14.6. The Morgan fingerprint density at radius 2 is 2.12 bits per heavy atom. The Labute approximate surface area is 152 Å². The predicted octanol–water partition coefficient (Wildman–Crippen LogP) is 2.53. The number of hydrogen-bond donors (Lipinski definition) is 1. The van der Waals surface area contributed by atoms with Crippen LogP contribution < -0.4 is 5.14 Å². The van der Waals surface area contributed by atoms with E-state index < -0.39 is 10.0 Å². The van der Waals surface area contributed by atoms with Crippen molar-refractivity contribution in [2.75, 3.05) is 6.61 Å². The molecule has 0 radical (unpaired) electrons. The van der Waals surface area contributed by atoms with Crippen LogP contribution >= 0.6 is 11.8 Å². The minimum Gasteiger partial charge on any atom is -0.466 e. The van der Waals surface area contributed by atoms with E-state index >= 15 is 0 Å². The van der Waals surface area contributed by atoms with Gasteiger partial charge in [-0.25, -0.2) is 18.5 Å². The lowest BCUT2D eigenvalue weighted by molar-refractivity contribution is -0.143. The lowest BCUT2D eigenvalue weighted by Gasteiger charge is -2.11. The largest absolute Gasteiger partial charge is 0.466 e. The summed E-state index contributed by atoms with van der Waals surface area (Å²) in [5.74, 6) is -0.197. The first-order valence-corrected chi connectivity index (χ1v) is 10.5. The van der Waals surface area contributed by atoms with Crippen molar-refractivity contribution in [2.45, 2.75) is 55.5 Å². The smallest absolute Gasteiger partial charge is 0.305 e. The van der Waals surface area contributed by atoms with Gasteiger partial charge in [0.1, 0.15) is 0 Å². The average molecular weight is 386 g/mol. The number of imidazole rings is 1. The van der Waals surface area contributed by atoms with Gasteiger partial charge in [0, 0.05) is 18.2 Å². The van der Waals surface area contributed by atoms with Gasteiger partial charge in [0.15, 0.2) is 5.16 Å². The zero-order chi connectivity index (χ0) is 18.6. The second kappa shape index (κ2) is 8.20. The standard InChI is InChI=1S/C16H23N3O4S2/c1-4-19-14-8-7-12(25(17,21)22)10-13(14)18-16(19)24-11(3)6-9-15(20)23-5-2/h7-8,10-11H,4-6,9H2,1-3H3,(H2,17,21,22)/t11-/m0/s1. The normalized spacial score (nSPS) is 13.1. The highest BCUT2D eigenvalue weighted by molar-refractivity contribution is 7.99. The van der Waals surface area contributed by atoms with Gasteiger partial charge < -0.3 is 9.30 Å². The van der Waals surface area contributed by atoms with Crippen LogP contribution in [0, 0.1) is 0 Å². The van der Waals surface area contributed by atoms with E-state index in [0.717, 1.165) is 10.7 Å². The zero-order valence-corrected chi connectivity index (χ0v) is 16.2. The number of aryl methyl sites for hydroxylation is 1. The molecular weight excluding hydrogens is 362 g/mol. The van der Waals surface area contributed by atoms with Gasteiger partial charge in [-0.05, 0) is 38.5 Å². The Morgan fingerprint density at radius 3 is 2.72 bits per heavy atom. The number of hydrogen-bond acceptors (Lipinski definition) is 6. The van der Waals surface area contributed by atoms with Crippen LogP contribution in [0.5, 0.6) is 0 Å². The van der Waals surface area contributed by atoms with E-state index in [2.05, 4.69) is 4.98 Å². The molecular formula is C16H23N3O4S2. The minimum absolute atomic E-state index is 0.0488. The van der Waals surface area contributed by atoms with Gasteiger partial charge >= 0.3 is 5.97 Å². The predicted molar refractivity (Wildman–Crippen MR) is 98.0 cm³/mol. The van der Waals surface area contributed by atoms with Crippen LogP contribution in [0.1, 0.15) is 33.6 Å². The molecule has 0 aliphatic carbocycles. The lowest BCUT2D eigenvalue weighted by atomic mass is 10.2. The molecule has 1 aromatic heterocycles. The Kier molecular flexibility index (Phi) is 6.47. The minimum atomic E-state index is -3.76. The molecule has 25 heavy (non-hydrogen) atoms. The van der Waals surface area contributed by atoms with Gasteiger partial charge in [0.05, 0.1) is 22.5 Å². The number of nitrogens with two attached hydrogens (primary N) is 1. The monoisotopic (exact) mass is 385 g/mol. The second-order valence-corrected chi connectivity index (χ2v) is 8.57. The first-order chi connectivity index (χ1) is 11.8. The van der Waals surface area contributed by atoms with Crippen molar-refractivity contribution in [2.24, 2.45) is 5.14 Å². The van der Waals surface area contributed by atoms with Crippen molar-refractivity contribution in [3.8, 4) is 0 Å². The summed E-state index contributed by atoms with van der Waals surface area (Å²) in [5, 5.41) is 6.15. The molecule has 1 heterocycles. The van der Waals surface area contributed by atoms with Gasteiger partial charge in [-0.3, -0.25) is 4.79 Å². The van der Waals surface area contributed by atoms with Crippen LogP contribution in [0.2, 0.25) is 0 Å². The van der Waals surface area contributed by atoms with E-state index in [9.17, 15) is 13.2 Å². The third-order valence-electron chi connectivity index (χ3n) is 3.70. The molecule has 0 bridgehead atoms. The van der Waals surface area contributed by atoms with Crippen molar-refractivity contribution < 1.29 is 17.9 Å². The molecule has 0 saturated heterocycles. The van der Waals surface area contributed by atoms with Gasteiger partial charge in [-0.2, -0.15) is 0 Å². The molecule has 0 aliphatic rings. The molecule has 2 rings (SSSR count). The maximum atomic E-state index is 11.5. The number of esters is 1. The number of benzene rings is 1. The Balaban J connectivity index is 2.21. The molecule has 138 valence electrons. The first kappa shape index (κ1) is 19.7. The fourth-order valence-electron chi connectivity index (χ4n) is 2.45. The summed E-state index contributed by atoms with van der Waals surface area (Å²) < 4.78 is 30.0. The third-order valence-corrected chi connectivity index (χ3v) is 5.77. The van der Waals surface area contributed by atoms with Crippen LogP contribution in [0.25, 0.3) is 11.0 Å². The summed E-state index contributed by atoms with van der Waals surface area (Å²) in [4.78, 5) is 16.1. The van der Waals surface area contributed by atoms with Gasteiger partial charge in [0.2, 0.25) is 10.0 Å². The summed E-state index contributed by atoms with van der Waals surface area (Å²) in [6.07, 6.45) is 1.04. The van der Waals surface area contributed by atoms with E-state index in [1.165, 1.54) is 12.1 Å². The number of thioether (sulfide) groups is 1. The number of primary sulfonamides is 1. The van der Waals surface area contributed by atoms with E-state index in [0.29, 0.717) is 31.5 Å². The third kappa shape index (κ3) is 4.96. The van der Waals surface area contributed by atoms with Crippen molar-refractivity contribution in [1.29, 1.82) is 0 Å². The van der Waals surface area contributed by atoms with Gasteiger partial charge in [-0.15, -0.1) is 0 Å². The molecule has 9 heteroatoms. The maximum absolute atomic E-state index is 11.5. The average Bonchev–Trinajstić information content (AvgIpc) is 2.88. The number of fused-ring (bicyclic) bond motifs is 1. The van der Waals surface area contributed by atoms with Crippen LogP contribution in [-0.2, 0) is 26.1 Å².